The highest BCUT2D eigenvalue weighted by molar-refractivity contribution is 14.1. The van der Waals surface area contributed by atoms with Crippen LogP contribution >= 0.6 is 34.2 Å². The molecule has 4 aromatic carbocycles. The number of nitrogens with zero attached hydrogens (tertiary/aromatic N) is 2. The van der Waals surface area contributed by atoms with Gasteiger partial charge in [-0.05, 0) is 88.3 Å². The Labute approximate surface area is 249 Å². The second-order valence-corrected chi connectivity index (χ2v) is 10.3. The van der Waals surface area contributed by atoms with Gasteiger partial charge in [-0.2, -0.15) is 0 Å². The second kappa shape index (κ2) is 11.9. The van der Waals surface area contributed by atoms with Crippen LogP contribution in [0.4, 0.5) is 16.2 Å². The molecule has 1 heterocycles. The summed E-state index contributed by atoms with van der Waals surface area (Å²) in [4.78, 5) is 42.8. The number of ether oxygens (including phenoxy) is 2. The van der Waals surface area contributed by atoms with E-state index in [2.05, 4.69) is 22.6 Å². The number of barbiturate groups is 1. The molecule has 0 bridgehead atoms. The fourth-order valence-corrected chi connectivity index (χ4v) is 5.25. The maximum atomic E-state index is 13.6. The lowest BCUT2D eigenvalue weighted by Gasteiger charge is -2.34. The summed E-state index contributed by atoms with van der Waals surface area (Å²) in [5.74, 6) is -0.502. The molecule has 0 radical (unpaired) electrons. The van der Waals surface area contributed by atoms with E-state index in [1.807, 2.05) is 18.2 Å². The molecule has 7 nitrogen and oxygen atoms in total. The Morgan fingerprint density at radius 3 is 1.95 bits per heavy atom. The van der Waals surface area contributed by atoms with Crippen LogP contribution in [0.25, 0.3) is 6.08 Å². The quantitative estimate of drug-likeness (QED) is 0.120. The van der Waals surface area contributed by atoms with Crippen molar-refractivity contribution in [1.82, 2.24) is 0 Å². The second-order valence-electron chi connectivity index (χ2n) is 8.75. The molecule has 1 fully saturated rings. The van der Waals surface area contributed by atoms with Crippen molar-refractivity contribution in [3.05, 3.63) is 122 Å². The number of carbonyl (C=O) groups excluding carboxylic acids is 3. The van der Waals surface area contributed by atoms with Gasteiger partial charge in [-0.3, -0.25) is 9.59 Å². The fourth-order valence-electron chi connectivity index (χ4n) is 4.25. The largest absolute Gasteiger partial charge is 0.493 e. The molecule has 0 aromatic heterocycles. The summed E-state index contributed by atoms with van der Waals surface area (Å²) in [6.45, 7) is 0.268. The number of halogens is 2. The third kappa shape index (κ3) is 5.59. The van der Waals surface area contributed by atoms with Crippen LogP contribution in [-0.4, -0.2) is 25.0 Å². The lowest BCUT2D eigenvalue weighted by atomic mass is 10.0. The highest BCUT2D eigenvalue weighted by atomic mass is 127. The molecule has 4 aromatic rings. The van der Waals surface area contributed by atoms with Crippen molar-refractivity contribution in [3.8, 4) is 11.5 Å². The first-order valence-corrected chi connectivity index (χ1v) is 13.6. The van der Waals surface area contributed by atoms with Crippen molar-refractivity contribution in [3.63, 3.8) is 0 Å². The smallest absolute Gasteiger partial charge is 0.343 e. The minimum absolute atomic E-state index is 0.169. The van der Waals surface area contributed by atoms with Gasteiger partial charge >= 0.3 is 6.03 Å². The van der Waals surface area contributed by atoms with E-state index in [1.54, 1.807) is 78.9 Å². The van der Waals surface area contributed by atoms with Crippen LogP contribution in [0.5, 0.6) is 11.5 Å². The van der Waals surface area contributed by atoms with Gasteiger partial charge in [0.25, 0.3) is 11.8 Å². The average Bonchev–Trinajstić information content (AvgIpc) is 2.96. The predicted molar refractivity (Wildman–Crippen MR) is 163 cm³/mol. The Hall–Kier alpha value is -4.15. The highest BCUT2D eigenvalue weighted by Gasteiger charge is 2.43. The lowest BCUT2D eigenvalue weighted by Crippen LogP contribution is -2.57. The third-order valence-electron chi connectivity index (χ3n) is 6.11. The first-order valence-electron chi connectivity index (χ1n) is 12.2. The first kappa shape index (κ1) is 27.4. The highest BCUT2D eigenvalue weighted by Crippen LogP contribution is 2.36. The molecule has 0 spiro atoms. The molecule has 40 heavy (non-hydrogen) atoms. The number of anilines is 2. The van der Waals surface area contributed by atoms with Crippen LogP contribution in [0.2, 0.25) is 5.02 Å². The summed E-state index contributed by atoms with van der Waals surface area (Å²) in [6.07, 6.45) is 1.47. The first-order chi connectivity index (χ1) is 19.4. The molecule has 200 valence electrons. The number of carbonyl (C=O) groups is 3. The zero-order valence-corrected chi connectivity index (χ0v) is 24.1. The minimum atomic E-state index is -0.749. The van der Waals surface area contributed by atoms with Gasteiger partial charge in [-0.15, -0.1) is 0 Å². The summed E-state index contributed by atoms with van der Waals surface area (Å²) >= 11 is 8.20. The van der Waals surface area contributed by atoms with Crippen LogP contribution in [0.15, 0.2) is 103 Å². The number of methoxy groups -OCH3 is 1. The summed E-state index contributed by atoms with van der Waals surface area (Å²) in [6, 6.07) is 27.1. The molecule has 4 amide bonds. The Morgan fingerprint density at radius 1 is 0.800 bits per heavy atom. The van der Waals surface area contributed by atoms with Gasteiger partial charge in [0, 0.05) is 5.02 Å². The Balaban J connectivity index is 1.54. The average molecular weight is 665 g/mol. The Bertz CT molecular complexity index is 1560. The van der Waals surface area contributed by atoms with Crippen molar-refractivity contribution in [1.29, 1.82) is 0 Å². The van der Waals surface area contributed by atoms with Gasteiger partial charge in [-0.1, -0.05) is 60.1 Å². The summed E-state index contributed by atoms with van der Waals surface area (Å²) in [5.41, 5.74) is 1.96. The van der Waals surface area contributed by atoms with E-state index in [0.29, 0.717) is 37.0 Å². The van der Waals surface area contributed by atoms with Crippen molar-refractivity contribution in [2.75, 3.05) is 16.9 Å². The zero-order chi connectivity index (χ0) is 28.2. The van der Waals surface area contributed by atoms with Crippen LogP contribution in [0.1, 0.15) is 11.1 Å². The molecule has 1 aliphatic rings. The number of amides is 4. The maximum Gasteiger partial charge on any atom is 0.343 e. The van der Waals surface area contributed by atoms with Gasteiger partial charge in [0.15, 0.2) is 11.5 Å². The molecule has 9 heteroatoms. The molecule has 5 rings (SSSR count). The van der Waals surface area contributed by atoms with Gasteiger partial charge in [0.1, 0.15) is 12.2 Å². The van der Waals surface area contributed by atoms with Gasteiger partial charge in [0.2, 0.25) is 0 Å². The molecule has 0 aliphatic carbocycles. The van der Waals surface area contributed by atoms with E-state index in [1.165, 1.54) is 13.2 Å². The van der Waals surface area contributed by atoms with Crippen molar-refractivity contribution in [2.24, 2.45) is 0 Å². The molecular formula is C31H22ClIN2O5. The number of urea groups is 1. The van der Waals surface area contributed by atoms with Gasteiger partial charge in [-0.25, -0.2) is 14.6 Å². The number of rotatable bonds is 7. The monoisotopic (exact) mass is 664 g/mol. The molecule has 1 aliphatic heterocycles. The molecule has 0 saturated carbocycles. The SMILES string of the molecule is COc1cc(C=C2C(=O)N(c3ccccc3)C(=O)N(c3ccccc3)C2=O)cc(I)c1OCc1cccc(Cl)c1. The molecule has 1 saturated heterocycles. The predicted octanol–water partition coefficient (Wildman–Crippen LogP) is 7.12. The Kier molecular flexibility index (Phi) is 8.18. The molecular weight excluding hydrogens is 643 g/mol. The lowest BCUT2D eigenvalue weighted by molar-refractivity contribution is -0.121. The number of imide groups is 2. The number of hydrogen-bond acceptors (Lipinski definition) is 5. The number of para-hydroxylation sites is 2. The summed E-state index contributed by atoms with van der Waals surface area (Å²) in [5, 5.41) is 0.610. The third-order valence-corrected chi connectivity index (χ3v) is 7.15. The van der Waals surface area contributed by atoms with E-state index in [4.69, 9.17) is 21.1 Å². The molecule has 0 unspecified atom stereocenters. The molecule has 0 atom stereocenters. The van der Waals surface area contributed by atoms with Crippen molar-refractivity contribution < 1.29 is 23.9 Å². The maximum absolute atomic E-state index is 13.6. The number of hydrogen-bond donors (Lipinski definition) is 0. The Morgan fingerprint density at radius 2 is 1.40 bits per heavy atom. The van der Waals surface area contributed by atoms with E-state index in [0.717, 1.165) is 15.4 Å². The number of benzene rings is 4. The van der Waals surface area contributed by atoms with Gasteiger partial charge in [0.05, 0.1) is 22.1 Å². The zero-order valence-electron chi connectivity index (χ0n) is 21.2. The van der Waals surface area contributed by atoms with Gasteiger partial charge < -0.3 is 9.47 Å². The van der Waals surface area contributed by atoms with Crippen LogP contribution in [0, 0.1) is 3.57 Å². The van der Waals surface area contributed by atoms with E-state index < -0.39 is 17.8 Å². The van der Waals surface area contributed by atoms with E-state index in [9.17, 15) is 14.4 Å². The van der Waals surface area contributed by atoms with Crippen molar-refractivity contribution in [2.45, 2.75) is 6.61 Å². The van der Waals surface area contributed by atoms with Crippen LogP contribution in [-0.2, 0) is 16.2 Å². The standard InChI is InChI=1S/C31H22ClIN2O5/c1-39-27-18-21(17-26(33)28(27)40-19-20-9-8-10-22(32)15-20)16-25-29(36)34(23-11-4-2-5-12-23)31(38)35(30(25)37)24-13-6-3-7-14-24/h2-18H,19H2,1H3. The van der Waals surface area contributed by atoms with E-state index >= 15 is 0 Å². The van der Waals surface area contributed by atoms with Crippen LogP contribution in [0.3, 0.4) is 0 Å². The molecule has 0 N–H and O–H groups in total. The summed E-state index contributed by atoms with van der Waals surface area (Å²) < 4.78 is 12.3. The van der Waals surface area contributed by atoms with Crippen molar-refractivity contribution >= 4 is 69.5 Å². The minimum Gasteiger partial charge on any atom is -0.493 e. The topological polar surface area (TPSA) is 76.2 Å². The normalized spacial score (nSPS) is 13.5. The summed E-state index contributed by atoms with van der Waals surface area (Å²) in [7, 11) is 1.51. The fraction of sp³-hybridized carbons (Fsp3) is 0.0645. The van der Waals surface area contributed by atoms with E-state index in [-0.39, 0.29) is 12.2 Å². The van der Waals surface area contributed by atoms with Crippen LogP contribution < -0.4 is 19.3 Å².